The standard InChI is InChI=1S/C19H14N2O2/c1-23-15-9-7-13(8-10-15)16-17(19(16,11-20)12-21)18(22)14-5-3-2-4-6-14/h2-10,16-17H,1H3/t16-,17+/m0/s1. The van der Waals surface area contributed by atoms with Crippen LogP contribution >= 0.6 is 0 Å². The molecule has 0 amide bonds. The third-order valence-electron chi connectivity index (χ3n) is 4.39. The topological polar surface area (TPSA) is 73.9 Å². The first-order chi connectivity index (χ1) is 11.2. The van der Waals surface area contributed by atoms with E-state index in [0.717, 1.165) is 5.56 Å². The number of methoxy groups -OCH3 is 1. The van der Waals surface area contributed by atoms with Crippen molar-refractivity contribution in [3.8, 4) is 17.9 Å². The van der Waals surface area contributed by atoms with E-state index in [2.05, 4.69) is 12.1 Å². The maximum Gasteiger partial charge on any atom is 0.169 e. The zero-order valence-electron chi connectivity index (χ0n) is 12.6. The lowest BCUT2D eigenvalue weighted by Gasteiger charge is -2.03. The van der Waals surface area contributed by atoms with Crippen molar-refractivity contribution in [3.05, 3.63) is 65.7 Å². The van der Waals surface area contributed by atoms with Crippen molar-refractivity contribution in [1.82, 2.24) is 0 Å². The zero-order valence-corrected chi connectivity index (χ0v) is 12.6. The molecule has 0 bridgehead atoms. The van der Waals surface area contributed by atoms with Gasteiger partial charge >= 0.3 is 0 Å². The van der Waals surface area contributed by atoms with Gasteiger partial charge in [-0.25, -0.2) is 0 Å². The molecule has 0 aromatic heterocycles. The highest BCUT2D eigenvalue weighted by Gasteiger charge is 2.70. The van der Waals surface area contributed by atoms with E-state index < -0.39 is 17.3 Å². The van der Waals surface area contributed by atoms with Gasteiger partial charge in [-0.2, -0.15) is 10.5 Å². The van der Waals surface area contributed by atoms with Crippen LogP contribution in [0.15, 0.2) is 54.6 Å². The lowest BCUT2D eigenvalue weighted by Crippen LogP contribution is -2.08. The number of rotatable bonds is 4. The number of hydrogen-bond donors (Lipinski definition) is 0. The molecule has 0 spiro atoms. The highest BCUT2D eigenvalue weighted by atomic mass is 16.5. The van der Waals surface area contributed by atoms with E-state index in [4.69, 9.17) is 4.74 Å². The molecule has 1 aliphatic carbocycles. The lowest BCUT2D eigenvalue weighted by atomic mass is 10.0. The number of Topliss-reactive ketones (excluding diaryl/α,β-unsaturated/α-hetero) is 1. The molecular formula is C19H14N2O2. The minimum atomic E-state index is -1.29. The van der Waals surface area contributed by atoms with Crippen molar-refractivity contribution >= 4 is 5.78 Å². The van der Waals surface area contributed by atoms with Gasteiger partial charge < -0.3 is 4.74 Å². The van der Waals surface area contributed by atoms with Crippen LogP contribution < -0.4 is 4.74 Å². The van der Waals surface area contributed by atoms with Crippen molar-refractivity contribution in [2.45, 2.75) is 5.92 Å². The Morgan fingerprint density at radius 2 is 1.65 bits per heavy atom. The van der Waals surface area contributed by atoms with Crippen LogP contribution in [0, 0.1) is 34.0 Å². The average Bonchev–Trinajstić information content (AvgIpc) is 3.31. The van der Waals surface area contributed by atoms with E-state index in [1.165, 1.54) is 0 Å². The summed E-state index contributed by atoms with van der Waals surface area (Å²) in [7, 11) is 1.57. The zero-order chi connectivity index (χ0) is 16.4. The summed E-state index contributed by atoms with van der Waals surface area (Å²) >= 11 is 0. The summed E-state index contributed by atoms with van der Waals surface area (Å²) in [6, 6.07) is 20.1. The van der Waals surface area contributed by atoms with Crippen LogP contribution in [-0.2, 0) is 0 Å². The van der Waals surface area contributed by atoms with Gasteiger partial charge in [-0.15, -0.1) is 0 Å². The Balaban J connectivity index is 1.97. The first-order valence-electron chi connectivity index (χ1n) is 7.23. The third-order valence-corrected chi connectivity index (χ3v) is 4.39. The molecule has 0 unspecified atom stereocenters. The molecule has 4 heteroatoms. The van der Waals surface area contributed by atoms with Gasteiger partial charge in [0.1, 0.15) is 5.75 Å². The number of carbonyl (C=O) groups is 1. The van der Waals surface area contributed by atoms with E-state index in [0.29, 0.717) is 11.3 Å². The number of carbonyl (C=O) groups excluding carboxylic acids is 1. The van der Waals surface area contributed by atoms with Crippen molar-refractivity contribution in [2.75, 3.05) is 7.11 Å². The Kier molecular flexibility index (Phi) is 3.60. The quantitative estimate of drug-likeness (QED) is 0.812. The highest BCUT2D eigenvalue weighted by Crippen LogP contribution is 2.65. The molecule has 4 nitrogen and oxygen atoms in total. The molecule has 112 valence electrons. The molecule has 0 aliphatic heterocycles. The summed E-state index contributed by atoms with van der Waals surface area (Å²) in [5, 5.41) is 19.0. The van der Waals surface area contributed by atoms with Crippen molar-refractivity contribution < 1.29 is 9.53 Å². The predicted molar refractivity (Wildman–Crippen MR) is 83.7 cm³/mol. The fourth-order valence-electron chi connectivity index (χ4n) is 3.10. The largest absolute Gasteiger partial charge is 0.497 e. The molecule has 2 aromatic carbocycles. The van der Waals surface area contributed by atoms with Crippen LogP contribution in [0.2, 0.25) is 0 Å². The van der Waals surface area contributed by atoms with Gasteiger partial charge in [0.25, 0.3) is 0 Å². The summed E-state index contributed by atoms with van der Waals surface area (Å²) in [5.41, 5.74) is 0.0492. The normalized spacial score (nSPS) is 20.8. The van der Waals surface area contributed by atoms with Gasteiger partial charge in [0, 0.05) is 11.5 Å². The van der Waals surface area contributed by atoms with Gasteiger partial charge in [-0.3, -0.25) is 4.79 Å². The van der Waals surface area contributed by atoms with Crippen LogP contribution in [0.3, 0.4) is 0 Å². The molecule has 1 fully saturated rings. The van der Waals surface area contributed by atoms with Crippen LogP contribution in [0.25, 0.3) is 0 Å². The number of nitrogens with zero attached hydrogens (tertiary/aromatic N) is 2. The number of ether oxygens (including phenoxy) is 1. The van der Waals surface area contributed by atoms with E-state index in [-0.39, 0.29) is 5.78 Å². The molecule has 0 heterocycles. The number of hydrogen-bond acceptors (Lipinski definition) is 4. The lowest BCUT2D eigenvalue weighted by molar-refractivity contribution is 0.0958. The fourth-order valence-corrected chi connectivity index (χ4v) is 3.10. The monoisotopic (exact) mass is 302 g/mol. The molecule has 23 heavy (non-hydrogen) atoms. The minimum Gasteiger partial charge on any atom is -0.497 e. The second kappa shape index (κ2) is 5.59. The van der Waals surface area contributed by atoms with Crippen LogP contribution in [0.4, 0.5) is 0 Å². The summed E-state index contributed by atoms with van der Waals surface area (Å²) in [5.74, 6) is -0.501. The maximum atomic E-state index is 12.7. The van der Waals surface area contributed by atoms with Crippen LogP contribution in [0.5, 0.6) is 5.75 Å². The van der Waals surface area contributed by atoms with Gasteiger partial charge in [-0.1, -0.05) is 42.5 Å². The van der Waals surface area contributed by atoms with Crippen LogP contribution in [-0.4, -0.2) is 12.9 Å². The summed E-state index contributed by atoms with van der Waals surface area (Å²) in [6.45, 7) is 0. The second-order valence-corrected chi connectivity index (χ2v) is 5.55. The number of ketones is 1. The van der Waals surface area contributed by atoms with Crippen molar-refractivity contribution in [2.24, 2.45) is 11.3 Å². The molecule has 0 radical (unpaired) electrons. The maximum absolute atomic E-state index is 12.7. The Labute approximate surface area is 134 Å². The molecule has 0 N–H and O–H groups in total. The summed E-state index contributed by atoms with van der Waals surface area (Å²) in [6.07, 6.45) is 0. The smallest absolute Gasteiger partial charge is 0.169 e. The van der Waals surface area contributed by atoms with Gasteiger partial charge in [0.15, 0.2) is 11.2 Å². The van der Waals surface area contributed by atoms with Gasteiger partial charge in [0.05, 0.1) is 25.2 Å². The second-order valence-electron chi connectivity index (χ2n) is 5.55. The SMILES string of the molecule is COc1ccc([C@H]2[C@H](C(=O)c3ccccc3)C2(C#N)C#N)cc1. The summed E-state index contributed by atoms with van der Waals surface area (Å²) < 4.78 is 5.12. The predicted octanol–water partition coefficient (Wildman–Crippen LogP) is 3.33. The molecule has 2 aromatic rings. The van der Waals surface area contributed by atoms with Crippen molar-refractivity contribution in [3.63, 3.8) is 0 Å². The minimum absolute atomic E-state index is 0.158. The number of benzene rings is 2. The molecule has 2 atom stereocenters. The van der Waals surface area contributed by atoms with E-state index in [9.17, 15) is 15.3 Å². The highest BCUT2D eigenvalue weighted by molar-refractivity contribution is 6.02. The van der Waals surface area contributed by atoms with E-state index >= 15 is 0 Å². The third kappa shape index (κ3) is 2.25. The van der Waals surface area contributed by atoms with E-state index in [1.54, 1.807) is 43.5 Å². The first-order valence-corrected chi connectivity index (χ1v) is 7.23. The number of nitriles is 2. The van der Waals surface area contributed by atoms with Gasteiger partial charge in [0.2, 0.25) is 0 Å². The molecule has 0 saturated heterocycles. The average molecular weight is 302 g/mol. The molecule has 1 saturated carbocycles. The Morgan fingerprint density at radius 1 is 1.04 bits per heavy atom. The molecule has 1 aliphatic rings. The summed E-state index contributed by atoms with van der Waals surface area (Å²) in [4.78, 5) is 12.7. The Morgan fingerprint density at radius 3 is 2.17 bits per heavy atom. The fraction of sp³-hybridized carbons (Fsp3) is 0.211. The first kappa shape index (κ1) is 14.8. The molecular weight excluding hydrogens is 288 g/mol. The van der Waals surface area contributed by atoms with E-state index in [1.807, 2.05) is 18.2 Å². The Bertz CT molecular complexity index is 799. The van der Waals surface area contributed by atoms with Crippen molar-refractivity contribution in [1.29, 1.82) is 10.5 Å². The van der Waals surface area contributed by atoms with Crippen LogP contribution in [0.1, 0.15) is 21.8 Å². The Hall–Kier alpha value is -3.11. The van der Waals surface area contributed by atoms with Gasteiger partial charge in [-0.05, 0) is 17.7 Å². The molecule has 3 rings (SSSR count).